The lowest BCUT2D eigenvalue weighted by molar-refractivity contribution is -0.145. The number of rotatable bonds is 3. The van der Waals surface area contributed by atoms with E-state index >= 15 is 0 Å². The number of nitrogens with one attached hydrogen (secondary N) is 1. The van der Waals surface area contributed by atoms with Crippen LogP contribution in [0.2, 0.25) is 0 Å². The van der Waals surface area contributed by atoms with Gasteiger partial charge in [-0.25, -0.2) is 0 Å². The second kappa shape index (κ2) is 6.21. The van der Waals surface area contributed by atoms with Gasteiger partial charge in [0.15, 0.2) is 0 Å². The molecular weight excluding hydrogens is 282 g/mol. The van der Waals surface area contributed by atoms with Crippen molar-refractivity contribution < 1.29 is 9.53 Å². The van der Waals surface area contributed by atoms with Gasteiger partial charge < -0.3 is 10.1 Å². The Labute approximate surface area is 133 Å². The highest BCUT2D eigenvalue weighted by atomic mass is 32.2. The van der Waals surface area contributed by atoms with Gasteiger partial charge in [-0.1, -0.05) is 13.8 Å². The summed E-state index contributed by atoms with van der Waals surface area (Å²) in [7, 11) is 0. The Bertz CT molecular complexity index is 384. The van der Waals surface area contributed by atoms with Gasteiger partial charge in [0.2, 0.25) is 0 Å². The highest BCUT2D eigenvalue weighted by molar-refractivity contribution is 7.99. The molecule has 3 nitrogen and oxygen atoms in total. The van der Waals surface area contributed by atoms with E-state index in [9.17, 15) is 4.79 Å². The number of thioether (sulfide) groups is 1. The zero-order valence-electron chi connectivity index (χ0n) is 13.5. The summed E-state index contributed by atoms with van der Waals surface area (Å²) in [6.07, 6.45) is 5.41. The van der Waals surface area contributed by atoms with Crippen LogP contribution in [0.25, 0.3) is 0 Å². The number of hydrogen-bond donors (Lipinski definition) is 1. The molecule has 120 valence electrons. The minimum atomic E-state index is -0.192. The van der Waals surface area contributed by atoms with Crippen molar-refractivity contribution in [2.75, 3.05) is 31.2 Å². The van der Waals surface area contributed by atoms with E-state index in [4.69, 9.17) is 4.74 Å². The van der Waals surface area contributed by atoms with Crippen molar-refractivity contribution in [3.8, 4) is 0 Å². The number of hydrogen-bond acceptors (Lipinski definition) is 4. The Morgan fingerprint density at radius 1 is 1.38 bits per heavy atom. The molecule has 3 heterocycles. The maximum atomic E-state index is 13.2. The highest BCUT2D eigenvalue weighted by Crippen LogP contribution is 2.44. The third-order valence-electron chi connectivity index (χ3n) is 5.88. The van der Waals surface area contributed by atoms with Gasteiger partial charge in [-0.05, 0) is 56.9 Å². The van der Waals surface area contributed by atoms with Crippen molar-refractivity contribution in [3.05, 3.63) is 0 Å². The van der Waals surface area contributed by atoms with Crippen molar-refractivity contribution >= 4 is 17.5 Å². The van der Waals surface area contributed by atoms with Gasteiger partial charge in [0.05, 0.1) is 5.60 Å². The van der Waals surface area contributed by atoms with Crippen molar-refractivity contribution in [2.24, 2.45) is 17.3 Å². The fourth-order valence-corrected chi connectivity index (χ4v) is 5.69. The molecule has 3 aliphatic heterocycles. The third kappa shape index (κ3) is 3.18. The molecule has 3 unspecified atom stereocenters. The molecule has 3 aliphatic rings. The van der Waals surface area contributed by atoms with Crippen LogP contribution in [0.15, 0.2) is 0 Å². The first-order chi connectivity index (χ1) is 10.0. The molecule has 21 heavy (non-hydrogen) atoms. The molecular formula is C17H29NO2S. The molecule has 1 N–H and O–H groups in total. The van der Waals surface area contributed by atoms with E-state index in [0.717, 1.165) is 44.7 Å². The standard InChI is InChI=1S/C17H29NO2S/c1-16(2,14-4-3-7-18-11-14)15(19)13-5-8-20-17(10-13)6-9-21-12-17/h13-14,18H,3-12H2,1-2H3. The number of ether oxygens (including phenoxy) is 1. The van der Waals surface area contributed by atoms with Gasteiger partial charge in [0.25, 0.3) is 0 Å². The summed E-state index contributed by atoms with van der Waals surface area (Å²) in [4.78, 5) is 13.2. The summed E-state index contributed by atoms with van der Waals surface area (Å²) in [6, 6.07) is 0. The van der Waals surface area contributed by atoms with E-state index in [-0.39, 0.29) is 16.9 Å². The molecule has 0 aromatic carbocycles. The second-order valence-corrected chi connectivity index (χ2v) is 8.76. The van der Waals surface area contributed by atoms with Gasteiger partial charge in [-0.3, -0.25) is 4.79 Å². The smallest absolute Gasteiger partial charge is 0.142 e. The molecule has 0 amide bonds. The maximum Gasteiger partial charge on any atom is 0.142 e. The van der Waals surface area contributed by atoms with Crippen LogP contribution in [0.5, 0.6) is 0 Å². The fraction of sp³-hybridized carbons (Fsp3) is 0.941. The fourth-order valence-electron chi connectivity index (χ4n) is 4.31. The van der Waals surface area contributed by atoms with Crippen LogP contribution in [-0.4, -0.2) is 42.6 Å². The first kappa shape index (κ1) is 15.8. The van der Waals surface area contributed by atoms with E-state index in [1.165, 1.54) is 18.6 Å². The van der Waals surface area contributed by atoms with Gasteiger partial charge in [0, 0.05) is 23.7 Å². The number of carbonyl (C=O) groups excluding carboxylic acids is 1. The van der Waals surface area contributed by atoms with E-state index in [1.54, 1.807) is 0 Å². The van der Waals surface area contributed by atoms with Gasteiger partial charge >= 0.3 is 0 Å². The molecule has 0 radical (unpaired) electrons. The van der Waals surface area contributed by atoms with Crippen LogP contribution in [-0.2, 0) is 9.53 Å². The summed E-state index contributed by atoms with van der Waals surface area (Å²) in [5.41, 5.74) is -0.174. The molecule has 0 bridgehead atoms. The van der Waals surface area contributed by atoms with Crippen molar-refractivity contribution in [1.82, 2.24) is 5.32 Å². The van der Waals surface area contributed by atoms with E-state index in [1.807, 2.05) is 11.8 Å². The molecule has 0 aromatic rings. The summed E-state index contributed by atoms with van der Waals surface area (Å²) in [5, 5.41) is 3.47. The molecule has 3 atom stereocenters. The number of carbonyl (C=O) groups is 1. The van der Waals surface area contributed by atoms with Gasteiger partial charge in [0.1, 0.15) is 5.78 Å². The van der Waals surface area contributed by atoms with E-state index < -0.39 is 0 Å². The zero-order chi connectivity index (χ0) is 14.9. The number of Topliss-reactive ketones (excluding diaryl/α,β-unsaturated/α-hetero) is 1. The summed E-state index contributed by atoms with van der Waals surface area (Å²) >= 11 is 1.98. The first-order valence-corrected chi connectivity index (χ1v) is 9.66. The van der Waals surface area contributed by atoms with Crippen LogP contribution >= 0.6 is 11.8 Å². The van der Waals surface area contributed by atoms with E-state index in [2.05, 4.69) is 19.2 Å². The Balaban J connectivity index is 1.68. The normalized spacial score (nSPS) is 37.8. The van der Waals surface area contributed by atoms with E-state index in [0.29, 0.717) is 11.7 Å². The quantitative estimate of drug-likeness (QED) is 0.870. The Hall–Kier alpha value is -0.0600. The van der Waals surface area contributed by atoms with Crippen LogP contribution in [0.3, 0.4) is 0 Å². The topological polar surface area (TPSA) is 38.3 Å². The molecule has 0 aliphatic carbocycles. The highest BCUT2D eigenvalue weighted by Gasteiger charge is 2.47. The lowest BCUT2D eigenvalue weighted by Gasteiger charge is -2.42. The molecule has 1 spiro atoms. The molecule has 4 heteroatoms. The van der Waals surface area contributed by atoms with Crippen molar-refractivity contribution in [2.45, 2.75) is 51.6 Å². The average molecular weight is 311 g/mol. The number of ketones is 1. The minimum Gasteiger partial charge on any atom is -0.374 e. The largest absolute Gasteiger partial charge is 0.374 e. The van der Waals surface area contributed by atoms with Crippen LogP contribution in [0, 0.1) is 17.3 Å². The van der Waals surface area contributed by atoms with Gasteiger partial charge in [-0.2, -0.15) is 11.8 Å². The summed E-state index contributed by atoms with van der Waals surface area (Å²) in [6.45, 7) is 7.24. The van der Waals surface area contributed by atoms with Gasteiger partial charge in [-0.15, -0.1) is 0 Å². The van der Waals surface area contributed by atoms with Crippen LogP contribution in [0.4, 0.5) is 0 Å². The van der Waals surface area contributed by atoms with Crippen molar-refractivity contribution in [1.29, 1.82) is 0 Å². The third-order valence-corrected chi connectivity index (χ3v) is 7.11. The van der Waals surface area contributed by atoms with Crippen molar-refractivity contribution in [3.63, 3.8) is 0 Å². The molecule has 3 saturated heterocycles. The lowest BCUT2D eigenvalue weighted by atomic mass is 9.66. The van der Waals surface area contributed by atoms with Crippen LogP contribution in [0.1, 0.15) is 46.0 Å². The first-order valence-electron chi connectivity index (χ1n) is 8.50. The number of piperidine rings is 1. The Morgan fingerprint density at radius 2 is 2.24 bits per heavy atom. The zero-order valence-corrected chi connectivity index (χ0v) is 14.3. The predicted molar refractivity (Wildman–Crippen MR) is 87.7 cm³/mol. The molecule has 0 aromatic heterocycles. The monoisotopic (exact) mass is 311 g/mol. The molecule has 3 fully saturated rings. The average Bonchev–Trinajstić information content (AvgIpc) is 2.95. The maximum absolute atomic E-state index is 13.2. The minimum absolute atomic E-state index is 0.0180. The SMILES string of the molecule is CC(C)(C(=O)C1CCOC2(CCSC2)C1)C1CCCNC1. The van der Waals surface area contributed by atoms with Crippen LogP contribution < -0.4 is 5.32 Å². The predicted octanol–water partition coefficient (Wildman–Crippen LogP) is 2.88. The second-order valence-electron chi connectivity index (χ2n) is 7.65. The Kier molecular flexibility index (Phi) is 4.68. The summed E-state index contributed by atoms with van der Waals surface area (Å²) in [5.74, 6) is 3.49. The molecule has 0 saturated carbocycles. The molecule has 3 rings (SSSR count). The lowest BCUT2D eigenvalue weighted by Crippen LogP contribution is -2.48. The Morgan fingerprint density at radius 3 is 2.90 bits per heavy atom. The summed E-state index contributed by atoms with van der Waals surface area (Å²) < 4.78 is 6.08.